The Bertz CT molecular complexity index is 401. The first-order chi connectivity index (χ1) is 8.79. The van der Waals surface area contributed by atoms with Crippen LogP contribution in [0.5, 0.6) is 0 Å². The summed E-state index contributed by atoms with van der Waals surface area (Å²) in [4.78, 5) is 0. The van der Waals surface area contributed by atoms with Crippen molar-refractivity contribution in [3.63, 3.8) is 0 Å². The molecule has 1 nitrogen and oxygen atoms in total. The average molecular weight is 276 g/mol. The van der Waals surface area contributed by atoms with E-state index in [4.69, 9.17) is 0 Å². The smallest absolute Gasteiger partial charge is 0.155 e. The molecule has 0 aliphatic heterocycles. The second-order valence-electron chi connectivity index (χ2n) is 6.72. The molecule has 106 valence electrons. The fraction of sp³-hybridized carbons (Fsp3) is 0.529. The van der Waals surface area contributed by atoms with Gasteiger partial charge in [-0.2, -0.15) is 0 Å². The van der Waals surface area contributed by atoms with Gasteiger partial charge in [0.25, 0.3) is 0 Å². The van der Waals surface area contributed by atoms with Crippen LogP contribution in [-0.2, 0) is 6.54 Å². The fourth-order valence-electron chi connectivity index (χ4n) is 1.88. The molecule has 0 saturated heterocycles. The molecule has 1 aromatic rings. The van der Waals surface area contributed by atoms with Gasteiger partial charge in [0.15, 0.2) is 8.24 Å². The Morgan fingerprint density at radius 1 is 1.11 bits per heavy atom. The summed E-state index contributed by atoms with van der Waals surface area (Å²) in [5, 5.41) is 0.361. The van der Waals surface area contributed by atoms with E-state index in [1.807, 2.05) is 0 Å². The van der Waals surface area contributed by atoms with E-state index in [0.717, 1.165) is 13.0 Å². The van der Waals surface area contributed by atoms with Crippen molar-refractivity contribution in [3.8, 4) is 0 Å². The lowest BCUT2D eigenvalue weighted by Gasteiger charge is -2.45. The van der Waals surface area contributed by atoms with Gasteiger partial charge in [-0.25, -0.2) is 0 Å². The molecule has 1 aromatic carbocycles. The highest BCUT2D eigenvalue weighted by molar-refractivity contribution is 6.77. The number of allylic oxidation sites excluding steroid dienone is 1. The van der Waals surface area contributed by atoms with Gasteiger partial charge in [-0.15, -0.1) is 0 Å². The van der Waals surface area contributed by atoms with Gasteiger partial charge in [0.1, 0.15) is 0 Å². The number of hydrogen-bond donors (Lipinski definition) is 0. The first-order valence-electron chi connectivity index (χ1n) is 7.26. The van der Waals surface area contributed by atoms with Crippen LogP contribution in [-0.4, -0.2) is 12.8 Å². The first-order valence-corrected chi connectivity index (χ1v) is 10.2. The highest BCUT2D eigenvalue weighted by Crippen LogP contribution is 2.39. The Hall–Kier alpha value is -1.02. The van der Waals surface area contributed by atoms with Crippen molar-refractivity contribution < 1.29 is 0 Å². The molecule has 0 bridgehead atoms. The Morgan fingerprint density at radius 2 is 1.68 bits per heavy atom. The SMILES string of the molecule is CCC=CN(Cc1ccccc1)[Si](C)(C)C(C)(C)C. The van der Waals surface area contributed by atoms with Gasteiger partial charge in [-0.3, -0.25) is 0 Å². The van der Waals surface area contributed by atoms with Gasteiger partial charge >= 0.3 is 0 Å². The van der Waals surface area contributed by atoms with Gasteiger partial charge < -0.3 is 4.57 Å². The van der Waals surface area contributed by atoms with Crippen LogP contribution in [0.15, 0.2) is 42.6 Å². The average Bonchev–Trinajstić information content (AvgIpc) is 2.34. The van der Waals surface area contributed by atoms with Crippen LogP contribution in [0.2, 0.25) is 18.1 Å². The van der Waals surface area contributed by atoms with Crippen LogP contribution < -0.4 is 0 Å². The Morgan fingerprint density at radius 3 is 2.16 bits per heavy atom. The maximum Gasteiger partial charge on any atom is 0.155 e. The standard InChI is InChI=1S/C17H29NSi/c1-7-8-14-18(19(5,6)17(2,3)4)15-16-12-10-9-11-13-16/h8-14H,7,15H2,1-6H3. The van der Waals surface area contributed by atoms with E-state index in [1.165, 1.54) is 5.56 Å². The van der Waals surface area contributed by atoms with E-state index in [9.17, 15) is 0 Å². The third-order valence-electron chi connectivity index (χ3n) is 4.27. The van der Waals surface area contributed by atoms with Crippen molar-refractivity contribution in [3.05, 3.63) is 48.2 Å². The quantitative estimate of drug-likeness (QED) is 0.649. The van der Waals surface area contributed by atoms with E-state index >= 15 is 0 Å². The van der Waals surface area contributed by atoms with Gasteiger partial charge in [0.05, 0.1) is 0 Å². The molecule has 0 aliphatic carbocycles. The van der Waals surface area contributed by atoms with Crippen molar-refractivity contribution in [2.24, 2.45) is 0 Å². The third kappa shape index (κ3) is 4.24. The molecule has 0 N–H and O–H groups in total. The van der Waals surface area contributed by atoms with E-state index in [2.05, 4.69) is 88.0 Å². The van der Waals surface area contributed by atoms with Crippen molar-refractivity contribution in [2.45, 2.75) is 58.8 Å². The fourth-order valence-corrected chi connectivity index (χ4v) is 3.80. The van der Waals surface area contributed by atoms with E-state index in [-0.39, 0.29) is 0 Å². The lowest BCUT2D eigenvalue weighted by Crippen LogP contribution is -2.51. The zero-order chi connectivity index (χ0) is 14.5. The summed E-state index contributed by atoms with van der Waals surface area (Å²) in [5.74, 6) is 0. The summed E-state index contributed by atoms with van der Waals surface area (Å²) in [6.07, 6.45) is 5.70. The Labute approximate surface area is 120 Å². The first kappa shape index (κ1) is 16.0. The highest BCUT2D eigenvalue weighted by atomic mass is 28.3. The summed E-state index contributed by atoms with van der Waals surface area (Å²) < 4.78 is 2.60. The van der Waals surface area contributed by atoms with Crippen LogP contribution >= 0.6 is 0 Å². The van der Waals surface area contributed by atoms with Gasteiger partial charge in [-0.1, -0.05) is 77.2 Å². The molecule has 0 aliphatic rings. The van der Waals surface area contributed by atoms with Crippen LogP contribution in [0, 0.1) is 0 Å². The maximum absolute atomic E-state index is 2.60. The molecule has 0 fully saturated rings. The largest absolute Gasteiger partial charge is 0.399 e. The highest BCUT2D eigenvalue weighted by Gasteiger charge is 2.39. The van der Waals surface area contributed by atoms with Gasteiger partial charge in [0, 0.05) is 6.54 Å². The van der Waals surface area contributed by atoms with Crippen LogP contribution in [0.25, 0.3) is 0 Å². The number of benzene rings is 1. The number of nitrogens with zero attached hydrogens (tertiary/aromatic N) is 1. The van der Waals surface area contributed by atoms with Crippen LogP contribution in [0.4, 0.5) is 0 Å². The second kappa shape index (κ2) is 6.42. The van der Waals surface area contributed by atoms with Crippen LogP contribution in [0.1, 0.15) is 39.7 Å². The molecule has 2 heteroatoms. The maximum atomic E-state index is 2.60. The van der Waals surface area contributed by atoms with Crippen molar-refractivity contribution >= 4 is 8.24 Å². The Kier molecular flexibility index (Phi) is 5.42. The minimum absolute atomic E-state index is 0.361. The summed E-state index contributed by atoms with van der Waals surface area (Å²) in [6.45, 7) is 15.3. The Balaban J connectivity index is 2.99. The summed E-state index contributed by atoms with van der Waals surface area (Å²) in [5.41, 5.74) is 1.40. The lowest BCUT2D eigenvalue weighted by atomic mass is 10.2. The number of hydrogen-bond acceptors (Lipinski definition) is 1. The van der Waals surface area contributed by atoms with Crippen molar-refractivity contribution in [1.82, 2.24) is 4.57 Å². The molecule has 0 spiro atoms. The molecule has 0 aromatic heterocycles. The summed E-state index contributed by atoms with van der Waals surface area (Å²) >= 11 is 0. The topological polar surface area (TPSA) is 3.24 Å². The van der Waals surface area contributed by atoms with Gasteiger partial charge in [0.2, 0.25) is 0 Å². The molecule has 0 atom stereocenters. The van der Waals surface area contributed by atoms with Crippen molar-refractivity contribution in [2.75, 3.05) is 0 Å². The minimum Gasteiger partial charge on any atom is -0.399 e. The molecular weight excluding hydrogens is 246 g/mol. The van der Waals surface area contributed by atoms with Gasteiger partial charge in [-0.05, 0) is 23.2 Å². The second-order valence-corrected chi connectivity index (χ2v) is 11.9. The molecule has 0 unspecified atom stereocenters. The molecular formula is C17H29NSi. The number of rotatable bonds is 5. The van der Waals surface area contributed by atoms with E-state index in [0.29, 0.717) is 5.04 Å². The zero-order valence-electron chi connectivity index (χ0n) is 13.4. The summed E-state index contributed by atoms with van der Waals surface area (Å²) in [7, 11) is -1.51. The molecule has 0 radical (unpaired) electrons. The normalized spacial score (nSPS) is 12.9. The zero-order valence-corrected chi connectivity index (χ0v) is 14.4. The molecule has 19 heavy (non-hydrogen) atoms. The lowest BCUT2D eigenvalue weighted by molar-refractivity contribution is 0.504. The van der Waals surface area contributed by atoms with Crippen LogP contribution in [0.3, 0.4) is 0 Å². The molecule has 1 rings (SSSR count). The predicted molar refractivity (Wildman–Crippen MR) is 88.6 cm³/mol. The van der Waals surface area contributed by atoms with E-state index < -0.39 is 8.24 Å². The summed E-state index contributed by atoms with van der Waals surface area (Å²) in [6, 6.07) is 10.8. The predicted octanol–water partition coefficient (Wildman–Crippen LogP) is 5.42. The molecule has 0 saturated carbocycles. The monoisotopic (exact) mass is 275 g/mol. The molecule has 0 heterocycles. The minimum atomic E-state index is -1.51. The third-order valence-corrected chi connectivity index (χ3v) is 9.68. The molecule has 0 amide bonds. The van der Waals surface area contributed by atoms with E-state index in [1.54, 1.807) is 0 Å². The van der Waals surface area contributed by atoms with Crippen molar-refractivity contribution in [1.29, 1.82) is 0 Å².